The Morgan fingerprint density at radius 3 is 2.68 bits per heavy atom. The van der Waals surface area contributed by atoms with Crippen LogP contribution < -0.4 is 11.0 Å². The van der Waals surface area contributed by atoms with Gasteiger partial charge in [-0.05, 0) is 26.0 Å². The number of aliphatic hydroxyl groups is 1. The molecule has 0 saturated carbocycles. The van der Waals surface area contributed by atoms with E-state index >= 15 is 0 Å². The van der Waals surface area contributed by atoms with E-state index in [1.165, 1.54) is 11.8 Å². The summed E-state index contributed by atoms with van der Waals surface area (Å²) in [4.78, 5) is 29.8. The van der Waals surface area contributed by atoms with Crippen molar-refractivity contribution in [1.82, 2.24) is 15.3 Å². The summed E-state index contributed by atoms with van der Waals surface area (Å²) in [6.07, 6.45) is 1.76. The number of hydrogen-bond acceptors (Lipinski definition) is 5. The summed E-state index contributed by atoms with van der Waals surface area (Å²) < 4.78 is 0. The maximum Gasteiger partial charge on any atom is 0.346 e. The van der Waals surface area contributed by atoms with Gasteiger partial charge in [0.15, 0.2) is 0 Å². The Kier molecular flexibility index (Phi) is 5.56. The van der Waals surface area contributed by atoms with Crippen molar-refractivity contribution in [1.29, 1.82) is 0 Å². The Labute approximate surface area is 116 Å². The molecule has 0 fully saturated rings. The van der Waals surface area contributed by atoms with Crippen molar-refractivity contribution in [2.75, 3.05) is 12.9 Å². The SMILES string of the molecule is CSc1nc(=O)[nH]c(C)c1C(=O)NC(C)C(C)CO. The molecule has 1 aromatic rings. The number of aromatic nitrogens is 2. The summed E-state index contributed by atoms with van der Waals surface area (Å²) in [5, 5.41) is 12.3. The number of nitrogens with one attached hydrogen (secondary N) is 2. The van der Waals surface area contributed by atoms with E-state index in [2.05, 4.69) is 15.3 Å². The molecule has 106 valence electrons. The molecular weight excluding hydrogens is 266 g/mol. The van der Waals surface area contributed by atoms with Gasteiger partial charge >= 0.3 is 5.69 Å². The molecule has 0 bridgehead atoms. The lowest BCUT2D eigenvalue weighted by molar-refractivity contribution is 0.0911. The van der Waals surface area contributed by atoms with Crippen LogP contribution in [0.2, 0.25) is 0 Å². The summed E-state index contributed by atoms with van der Waals surface area (Å²) in [6, 6.07) is -0.168. The molecule has 0 aliphatic heterocycles. The van der Waals surface area contributed by atoms with E-state index in [-0.39, 0.29) is 24.5 Å². The predicted molar refractivity (Wildman–Crippen MR) is 74.6 cm³/mol. The van der Waals surface area contributed by atoms with Gasteiger partial charge in [0.25, 0.3) is 5.91 Å². The van der Waals surface area contributed by atoms with Crippen molar-refractivity contribution in [2.24, 2.45) is 5.92 Å². The molecule has 1 aromatic heterocycles. The Morgan fingerprint density at radius 1 is 1.53 bits per heavy atom. The number of aryl methyl sites for hydroxylation is 1. The summed E-state index contributed by atoms with van der Waals surface area (Å²) >= 11 is 1.25. The van der Waals surface area contributed by atoms with Crippen molar-refractivity contribution in [2.45, 2.75) is 31.8 Å². The highest BCUT2D eigenvalue weighted by Gasteiger charge is 2.20. The molecule has 0 saturated heterocycles. The van der Waals surface area contributed by atoms with Gasteiger partial charge in [0.05, 0.1) is 5.56 Å². The lowest BCUT2D eigenvalue weighted by Gasteiger charge is -2.20. The molecule has 0 spiro atoms. The highest BCUT2D eigenvalue weighted by atomic mass is 32.2. The van der Waals surface area contributed by atoms with Gasteiger partial charge in [-0.3, -0.25) is 4.79 Å². The largest absolute Gasteiger partial charge is 0.396 e. The number of carbonyl (C=O) groups is 1. The summed E-state index contributed by atoms with van der Waals surface area (Å²) in [6.45, 7) is 5.34. The Morgan fingerprint density at radius 2 is 2.16 bits per heavy atom. The van der Waals surface area contributed by atoms with E-state index in [9.17, 15) is 9.59 Å². The molecule has 0 aromatic carbocycles. The van der Waals surface area contributed by atoms with Gasteiger partial charge in [0.2, 0.25) is 0 Å². The number of rotatable bonds is 5. The van der Waals surface area contributed by atoms with Gasteiger partial charge in [-0.2, -0.15) is 4.98 Å². The van der Waals surface area contributed by atoms with Crippen LogP contribution in [0.4, 0.5) is 0 Å². The standard InChI is InChI=1S/C12H19N3O3S/c1-6(5-16)7(2)13-10(17)9-8(3)14-12(18)15-11(9)19-4/h6-7,16H,5H2,1-4H3,(H,13,17)(H,14,15,18). The van der Waals surface area contributed by atoms with Gasteiger partial charge < -0.3 is 15.4 Å². The lowest BCUT2D eigenvalue weighted by Crippen LogP contribution is -2.39. The first-order valence-corrected chi connectivity index (χ1v) is 7.19. The van der Waals surface area contributed by atoms with E-state index in [4.69, 9.17) is 5.11 Å². The Bertz CT molecular complexity index is 515. The van der Waals surface area contributed by atoms with E-state index in [0.29, 0.717) is 16.3 Å². The summed E-state index contributed by atoms with van der Waals surface area (Å²) in [7, 11) is 0. The minimum Gasteiger partial charge on any atom is -0.396 e. The van der Waals surface area contributed by atoms with Gasteiger partial charge in [-0.15, -0.1) is 11.8 Å². The minimum absolute atomic E-state index is 0.000311. The quantitative estimate of drug-likeness (QED) is 0.542. The third-order valence-corrected chi connectivity index (χ3v) is 3.69. The second-order valence-electron chi connectivity index (χ2n) is 4.47. The molecule has 19 heavy (non-hydrogen) atoms. The number of aliphatic hydroxyl groups excluding tert-OH is 1. The molecular formula is C12H19N3O3S. The van der Waals surface area contributed by atoms with Crippen molar-refractivity contribution in [3.05, 3.63) is 21.7 Å². The van der Waals surface area contributed by atoms with Crippen LogP contribution in [0.15, 0.2) is 9.82 Å². The smallest absolute Gasteiger partial charge is 0.346 e. The molecule has 0 aliphatic rings. The average molecular weight is 285 g/mol. The molecule has 1 rings (SSSR count). The summed E-state index contributed by atoms with van der Waals surface area (Å²) in [5.74, 6) is -0.337. The highest BCUT2D eigenvalue weighted by Crippen LogP contribution is 2.18. The maximum atomic E-state index is 12.2. The first-order valence-electron chi connectivity index (χ1n) is 5.97. The lowest BCUT2D eigenvalue weighted by atomic mass is 10.0. The molecule has 6 nitrogen and oxygen atoms in total. The number of nitrogens with zero attached hydrogens (tertiary/aromatic N) is 1. The molecule has 2 atom stereocenters. The molecule has 0 radical (unpaired) electrons. The molecule has 7 heteroatoms. The van der Waals surface area contributed by atoms with Crippen LogP contribution >= 0.6 is 11.8 Å². The van der Waals surface area contributed by atoms with Crippen LogP contribution in [-0.4, -0.2) is 39.9 Å². The molecule has 0 aliphatic carbocycles. The van der Waals surface area contributed by atoms with E-state index < -0.39 is 5.69 Å². The third-order valence-electron chi connectivity index (χ3n) is 3.01. The average Bonchev–Trinajstić information content (AvgIpc) is 2.36. The monoisotopic (exact) mass is 285 g/mol. The number of thioether (sulfide) groups is 1. The fraction of sp³-hybridized carbons (Fsp3) is 0.583. The zero-order valence-corrected chi connectivity index (χ0v) is 12.3. The van der Waals surface area contributed by atoms with Crippen LogP contribution in [0.1, 0.15) is 29.9 Å². The van der Waals surface area contributed by atoms with Crippen LogP contribution in [-0.2, 0) is 0 Å². The fourth-order valence-corrected chi connectivity index (χ4v) is 2.18. The first-order chi connectivity index (χ1) is 8.90. The predicted octanol–water partition coefficient (Wildman–Crippen LogP) is 0.547. The number of H-pyrrole nitrogens is 1. The zero-order chi connectivity index (χ0) is 14.6. The molecule has 1 heterocycles. The van der Waals surface area contributed by atoms with Crippen molar-refractivity contribution in [3.63, 3.8) is 0 Å². The van der Waals surface area contributed by atoms with Crippen LogP contribution in [0.3, 0.4) is 0 Å². The normalized spacial score (nSPS) is 13.9. The van der Waals surface area contributed by atoms with Gasteiger partial charge in [-0.25, -0.2) is 4.79 Å². The van der Waals surface area contributed by atoms with Gasteiger partial charge in [0, 0.05) is 18.3 Å². The van der Waals surface area contributed by atoms with Gasteiger partial charge in [0.1, 0.15) is 5.03 Å². The molecule has 2 unspecified atom stereocenters. The second-order valence-corrected chi connectivity index (χ2v) is 5.27. The molecule has 1 amide bonds. The fourth-order valence-electron chi connectivity index (χ4n) is 1.55. The summed E-state index contributed by atoms with van der Waals surface area (Å²) in [5.41, 5.74) is 0.407. The number of hydrogen-bond donors (Lipinski definition) is 3. The van der Waals surface area contributed by atoms with Gasteiger partial charge in [-0.1, -0.05) is 6.92 Å². The minimum atomic E-state index is -0.463. The Hall–Kier alpha value is -1.34. The van der Waals surface area contributed by atoms with Crippen molar-refractivity contribution in [3.8, 4) is 0 Å². The number of carbonyl (C=O) groups excluding carboxylic acids is 1. The number of amides is 1. The number of aromatic amines is 1. The molecule has 3 N–H and O–H groups in total. The zero-order valence-electron chi connectivity index (χ0n) is 11.5. The Balaban J connectivity index is 3.03. The van der Waals surface area contributed by atoms with Crippen molar-refractivity contribution < 1.29 is 9.90 Å². The van der Waals surface area contributed by atoms with Crippen LogP contribution in [0.5, 0.6) is 0 Å². The van der Waals surface area contributed by atoms with E-state index in [1.54, 1.807) is 13.2 Å². The third kappa shape index (κ3) is 3.81. The van der Waals surface area contributed by atoms with Crippen LogP contribution in [0.25, 0.3) is 0 Å². The van der Waals surface area contributed by atoms with E-state index in [0.717, 1.165) is 0 Å². The topological polar surface area (TPSA) is 95.1 Å². The van der Waals surface area contributed by atoms with Crippen LogP contribution in [0, 0.1) is 12.8 Å². The van der Waals surface area contributed by atoms with Crippen molar-refractivity contribution >= 4 is 17.7 Å². The second kappa shape index (κ2) is 6.72. The van der Waals surface area contributed by atoms with E-state index in [1.807, 2.05) is 13.8 Å². The maximum absolute atomic E-state index is 12.2. The highest BCUT2D eigenvalue weighted by molar-refractivity contribution is 7.98. The first kappa shape index (κ1) is 15.7.